The van der Waals surface area contributed by atoms with Gasteiger partial charge in [0.2, 0.25) is 0 Å². The zero-order valence-corrected chi connectivity index (χ0v) is 17.9. The topological polar surface area (TPSA) is 87.9 Å². The number of halogens is 1. The number of fused-ring (bicyclic) bond motifs is 2. The highest BCUT2D eigenvalue weighted by Gasteiger charge is 2.22. The summed E-state index contributed by atoms with van der Waals surface area (Å²) in [5.74, 6) is 0.578. The minimum atomic E-state index is -0.0973. The Balaban J connectivity index is 1.41. The lowest BCUT2D eigenvalue weighted by Gasteiger charge is -2.28. The van der Waals surface area contributed by atoms with Crippen LogP contribution in [0.3, 0.4) is 0 Å². The Hall–Kier alpha value is -3.22. The molecule has 5 rings (SSSR count). The maximum atomic E-state index is 12.8. The van der Waals surface area contributed by atoms with Crippen LogP contribution in [0.15, 0.2) is 53.3 Å². The van der Waals surface area contributed by atoms with E-state index in [-0.39, 0.29) is 5.56 Å². The van der Waals surface area contributed by atoms with Gasteiger partial charge in [0.15, 0.2) is 0 Å². The average molecular weight is 432 g/mol. The second kappa shape index (κ2) is 7.80. The zero-order valence-electron chi connectivity index (χ0n) is 17.2. The van der Waals surface area contributed by atoms with Crippen LogP contribution >= 0.6 is 11.6 Å². The number of nitrogen functional groups attached to an aromatic ring is 1. The van der Waals surface area contributed by atoms with Gasteiger partial charge in [-0.25, -0.2) is 9.97 Å². The van der Waals surface area contributed by atoms with Crippen LogP contribution in [0.5, 0.6) is 0 Å². The van der Waals surface area contributed by atoms with Crippen LogP contribution in [-0.2, 0) is 19.5 Å². The molecule has 0 aliphatic carbocycles. The minimum absolute atomic E-state index is 0.0973. The molecule has 1 aliphatic heterocycles. The second-order valence-corrected chi connectivity index (χ2v) is 8.41. The van der Waals surface area contributed by atoms with E-state index in [1.807, 2.05) is 24.3 Å². The van der Waals surface area contributed by atoms with Crippen LogP contribution in [-0.4, -0.2) is 26.4 Å². The van der Waals surface area contributed by atoms with Crippen molar-refractivity contribution < 1.29 is 0 Å². The van der Waals surface area contributed by atoms with Gasteiger partial charge in [-0.1, -0.05) is 23.2 Å². The lowest BCUT2D eigenvalue weighted by atomic mass is 10.0. The first-order valence-corrected chi connectivity index (χ1v) is 10.6. The number of nitrogens with two attached hydrogens (primary N) is 1. The van der Waals surface area contributed by atoms with Crippen molar-refractivity contribution >= 4 is 28.2 Å². The average Bonchev–Trinajstić information content (AvgIpc) is 2.75. The van der Waals surface area contributed by atoms with Crippen LogP contribution in [0.25, 0.3) is 22.3 Å². The molecule has 0 atom stereocenters. The molecule has 31 heavy (non-hydrogen) atoms. The minimum Gasteiger partial charge on any atom is -0.399 e. The van der Waals surface area contributed by atoms with E-state index in [4.69, 9.17) is 22.3 Å². The van der Waals surface area contributed by atoms with Gasteiger partial charge in [-0.15, -0.1) is 0 Å². The van der Waals surface area contributed by atoms with Crippen LogP contribution in [0.1, 0.15) is 22.4 Å². The first kappa shape index (κ1) is 19.7. The number of benzene rings is 2. The molecule has 0 bridgehead atoms. The third-order valence-corrected chi connectivity index (χ3v) is 6.05. The largest absolute Gasteiger partial charge is 0.399 e. The monoisotopic (exact) mass is 431 g/mol. The van der Waals surface area contributed by atoms with E-state index < -0.39 is 0 Å². The highest BCUT2D eigenvalue weighted by molar-refractivity contribution is 6.30. The smallest absolute Gasteiger partial charge is 0.255 e. The number of nitrogens with zero attached hydrogens (tertiary/aromatic N) is 3. The number of hydrogen-bond acceptors (Lipinski definition) is 5. The summed E-state index contributed by atoms with van der Waals surface area (Å²) < 4.78 is 0. The molecular formula is C24H22ClN5O. The number of H-pyrrole nitrogens is 1. The molecule has 2 aromatic carbocycles. The van der Waals surface area contributed by atoms with E-state index in [0.29, 0.717) is 41.7 Å². The summed E-state index contributed by atoms with van der Waals surface area (Å²) in [5, 5.41) is 1.58. The van der Waals surface area contributed by atoms with Gasteiger partial charge in [0.05, 0.1) is 16.8 Å². The lowest BCUT2D eigenvalue weighted by molar-refractivity contribution is 0.242. The van der Waals surface area contributed by atoms with Crippen molar-refractivity contribution in [2.24, 2.45) is 0 Å². The van der Waals surface area contributed by atoms with Crippen LogP contribution in [0.4, 0.5) is 5.69 Å². The van der Waals surface area contributed by atoms with E-state index in [1.54, 1.807) is 12.1 Å². The molecule has 156 valence electrons. The Morgan fingerprint density at radius 3 is 2.74 bits per heavy atom. The van der Waals surface area contributed by atoms with Crippen LogP contribution < -0.4 is 11.3 Å². The maximum absolute atomic E-state index is 12.8. The third kappa shape index (κ3) is 3.92. The number of aromatic nitrogens is 3. The van der Waals surface area contributed by atoms with Gasteiger partial charge in [-0.3, -0.25) is 9.69 Å². The Kier molecular flexibility index (Phi) is 4.96. The molecule has 6 nitrogen and oxygen atoms in total. The normalized spacial score (nSPS) is 14.0. The van der Waals surface area contributed by atoms with Crippen molar-refractivity contribution in [2.45, 2.75) is 26.4 Å². The van der Waals surface area contributed by atoms with Gasteiger partial charge in [-0.05, 0) is 49.4 Å². The van der Waals surface area contributed by atoms with Crippen molar-refractivity contribution in [3.05, 3.63) is 86.4 Å². The predicted octanol–water partition coefficient (Wildman–Crippen LogP) is 4.09. The molecule has 0 fully saturated rings. The van der Waals surface area contributed by atoms with Crippen molar-refractivity contribution in [1.82, 2.24) is 19.9 Å². The van der Waals surface area contributed by atoms with Crippen LogP contribution in [0, 0.1) is 6.92 Å². The van der Waals surface area contributed by atoms with E-state index >= 15 is 0 Å². The van der Waals surface area contributed by atoms with Gasteiger partial charge < -0.3 is 10.7 Å². The SMILES string of the molecule is Cc1ccc2nc(Cl)c(CN3CCc4nc(-c5ccc(N)cc5)[nH]c(=O)c4C3)cc2c1. The molecule has 3 N–H and O–H groups in total. The standard InChI is InChI=1S/C24H22ClN5O/c1-14-2-7-20-16(10-14)11-17(22(25)27-20)12-30-9-8-21-19(13-30)24(31)29-23(28-21)15-3-5-18(26)6-4-15/h2-7,10-11H,8-9,12-13,26H2,1H3,(H,28,29,31). The quantitative estimate of drug-likeness (QED) is 0.377. The number of aryl methyl sites for hydroxylation is 1. The Labute approximate surface area is 184 Å². The first-order chi connectivity index (χ1) is 15.0. The summed E-state index contributed by atoms with van der Waals surface area (Å²) in [6.07, 6.45) is 0.707. The summed E-state index contributed by atoms with van der Waals surface area (Å²) in [6.45, 7) is 4.02. The highest BCUT2D eigenvalue weighted by Crippen LogP contribution is 2.25. The molecule has 0 unspecified atom stereocenters. The molecule has 0 saturated carbocycles. The second-order valence-electron chi connectivity index (χ2n) is 8.06. The van der Waals surface area contributed by atoms with E-state index in [2.05, 4.69) is 33.9 Å². The summed E-state index contributed by atoms with van der Waals surface area (Å²) in [6, 6.07) is 15.6. The summed E-state index contributed by atoms with van der Waals surface area (Å²) in [4.78, 5) is 27.2. The Morgan fingerprint density at radius 1 is 1.13 bits per heavy atom. The van der Waals surface area contributed by atoms with E-state index in [9.17, 15) is 4.79 Å². The summed E-state index contributed by atoms with van der Waals surface area (Å²) in [7, 11) is 0. The summed E-state index contributed by atoms with van der Waals surface area (Å²) >= 11 is 6.47. The third-order valence-electron chi connectivity index (χ3n) is 5.72. The number of hydrogen-bond donors (Lipinski definition) is 2. The molecule has 7 heteroatoms. The van der Waals surface area contributed by atoms with Crippen molar-refractivity contribution in [2.75, 3.05) is 12.3 Å². The van der Waals surface area contributed by atoms with Gasteiger partial charge >= 0.3 is 0 Å². The van der Waals surface area contributed by atoms with E-state index in [1.165, 1.54) is 5.56 Å². The summed E-state index contributed by atoms with van der Waals surface area (Å²) in [5.41, 5.74) is 11.8. The molecule has 3 heterocycles. The maximum Gasteiger partial charge on any atom is 0.255 e. The highest BCUT2D eigenvalue weighted by atomic mass is 35.5. The molecule has 0 saturated heterocycles. The van der Waals surface area contributed by atoms with Gasteiger partial charge in [0, 0.05) is 48.3 Å². The fourth-order valence-corrected chi connectivity index (χ4v) is 4.27. The van der Waals surface area contributed by atoms with Crippen molar-refractivity contribution in [1.29, 1.82) is 0 Å². The first-order valence-electron chi connectivity index (χ1n) is 10.2. The number of anilines is 1. The molecule has 0 amide bonds. The van der Waals surface area contributed by atoms with Crippen molar-refractivity contribution in [3.63, 3.8) is 0 Å². The van der Waals surface area contributed by atoms with E-state index in [0.717, 1.165) is 34.3 Å². The molecule has 2 aromatic heterocycles. The van der Waals surface area contributed by atoms with Gasteiger partial charge in [-0.2, -0.15) is 0 Å². The number of rotatable bonds is 3. The van der Waals surface area contributed by atoms with Crippen LogP contribution in [0.2, 0.25) is 5.15 Å². The predicted molar refractivity (Wildman–Crippen MR) is 124 cm³/mol. The Bertz CT molecular complexity index is 1350. The fourth-order valence-electron chi connectivity index (χ4n) is 4.06. The molecule has 0 spiro atoms. The molecule has 1 aliphatic rings. The number of aromatic amines is 1. The van der Waals surface area contributed by atoms with Gasteiger partial charge in [0.25, 0.3) is 5.56 Å². The number of pyridine rings is 1. The van der Waals surface area contributed by atoms with Gasteiger partial charge in [0.1, 0.15) is 11.0 Å². The van der Waals surface area contributed by atoms with Crippen molar-refractivity contribution in [3.8, 4) is 11.4 Å². The fraction of sp³-hybridized carbons (Fsp3) is 0.208. The number of nitrogens with one attached hydrogen (secondary N) is 1. The zero-order chi connectivity index (χ0) is 21.5. The Morgan fingerprint density at radius 2 is 1.94 bits per heavy atom. The lowest BCUT2D eigenvalue weighted by Crippen LogP contribution is -2.35. The molecular weight excluding hydrogens is 410 g/mol. The molecule has 0 radical (unpaired) electrons. The molecule has 4 aromatic rings.